The van der Waals surface area contributed by atoms with Gasteiger partial charge in [-0.05, 0) is 34.8 Å². The Labute approximate surface area is 149 Å². The SMILES string of the molecule is Cl.NCC1CCCN1S(=O)(=O)c1cc2c(cc1Br)NC(=O)CO2. The summed E-state index contributed by atoms with van der Waals surface area (Å²) in [5.74, 6) is 0.0858. The molecule has 1 aromatic carbocycles. The number of sulfonamides is 1. The lowest BCUT2D eigenvalue weighted by molar-refractivity contribution is -0.118. The highest BCUT2D eigenvalue weighted by Crippen LogP contribution is 2.38. The Hall–Kier alpha value is -0.870. The summed E-state index contributed by atoms with van der Waals surface area (Å²) in [5, 5.41) is 2.65. The monoisotopic (exact) mass is 425 g/mol. The van der Waals surface area contributed by atoms with Gasteiger partial charge in [0.1, 0.15) is 10.6 Å². The molecular formula is C13H17BrClN3O4S. The molecule has 1 fully saturated rings. The third-order valence-corrected chi connectivity index (χ3v) is 6.76. The van der Waals surface area contributed by atoms with E-state index in [4.69, 9.17) is 10.5 Å². The number of amides is 1. The molecule has 1 atom stereocenters. The summed E-state index contributed by atoms with van der Waals surface area (Å²) in [6.07, 6.45) is 1.57. The third-order valence-electron chi connectivity index (χ3n) is 3.85. The van der Waals surface area contributed by atoms with Crippen LogP contribution in [0.5, 0.6) is 5.75 Å². The zero-order valence-corrected chi connectivity index (χ0v) is 15.3. The summed E-state index contributed by atoms with van der Waals surface area (Å²) in [6, 6.07) is 2.82. The summed E-state index contributed by atoms with van der Waals surface area (Å²) in [5.41, 5.74) is 6.13. The van der Waals surface area contributed by atoms with E-state index in [2.05, 4.69) is 21.2 Å². The molecule has 2 heterocycles. The molecule has 7 nitrogen and oxygen atoms in total. The van der Waals surface area contributed by atoms with Crippen molar-refractivity contribution in [3.63, 3.8) is 0 Å². The molecule has 128 valence electrons. The molecule has 10 heteroatoms. The lowest BCUT2D eigenvalue weighted by Gasteiger charge is -2.25. The van der Waals surface area contributed by atoms with Gasteiger partial charge in [-0.25, -0.2) is 8.42 Å². The van der Waals surface area contributed by atoms with Crippen LogP contribution in [0.15, 0.2) is 21.5 Å². The summed E-state index contributed by atoms with van der Waals surface area (Å²) in [7, 11) is -3.66. The van der Waals surface area contributed by atoms with Gasteiger partial charge in [-0.1, -0.05) is 0 Å². The van der Waals surface area contributed by atoms with E-state index in [0.717, 1.165) is 12.8 Å². The Morgan fingerprint density at radius 3 is 2.87 bits per heavy atom. The van der Waals surface area contributed by atoms with Gasteiger partial charge >= 0.3 is 0 Å². The van der Waals surface area contributed by atoms with Gasteiger partial charge in [0.15, 0.2) is 6.61 Å². The maximum atomic E-state index is 12.9. The van der Waals surface area contributed by atoms with Crippen LogP contribution in [0.4, 0.5) is 5.69 Å². The standard InChI is InChI=1S/C13H16BrN3O4S.ClH/c14-9-4-10-11(21-7-13(18)16-10)5-12(9)22(19,20)17-3-1-2-8(17)6-15;/h4-5,8H,1-3,6-7,15H2,(H,16,18);1H. The van der Waals surface area contributed by atoms with Crippen molar-refractivity contribution < 1.29 is 17.9 Å². The second-order valence-corrected chi connectivity index (χ2v) is 7.98. The molecule has 0 aliphatic carbocycles. The zero-order chi connectivity index (χ0) is 15.9. The maximum absolute atomic E-state index is 12.9. The number of fused-ring (bicyclic) bond motifs is 1. The zero-order valence-electron chi connectivity index (χ0n) is 12.1. The molecule has 0 bridgehead atoms. The molecule has 1 saturated heterocycles. The number of carbonyl (C=O) groups is 1. The number of halogens is 2. The fourth-order valence-electron chi connectivity index (χ4n) is 2.77. The van der Waals surface area contributed by atoms with E-state index in [9.17, 15) is 13.2 Å². The van der Waals surface area contributed by atoms with Gasteiger partial charge in [0.25, 0.3) is 5.91 Å². The topological polar surface area (TPSA) is 102 Å². The molecule has 3 N–H and O–H groups in total. The summed E-state index contributed by atoms with van der Waals surface area (Å²) >= 11 is 3.28. The first-order valence-corrected chi connectivity index (χ1v) is 9.15. The van der Waals surface area contributed by atoms with Gasteiger partial charge in [-0.2, -0.15) is 4.31 Å². The van der Waals surface area contributed by atoms with E-state index in [1.807, 2.05) is 0 Å². The van der Waals surface area contributed by atoms with Crippen LogP contribution in [0.25, 0.3) is 0 Å². The molecule has 0 saturated carbocycles. The minimum absolute atomic E-state index is 0. The van der Waals surface area contributed by atoms with Crippen LogP contribution in [-0.2, 0) is 14.8 Å². The van der Waals surface area contributed by atoms with Crippen molar-refractivity contribution in [3.8, 4) is 5.75 Å². The fraction of sp³-hybridized carbons (Fsp3) is 0.462. The number of nitrogens with zero attached hydrogens (tertiary/aromatic N) is 1. The number of nitrogens with one attached hydrogen (secondary N) is 1. The molecule has 1 aromatic rings. The highest BCUT2D eigenvalue weighted by molar-refractivity contribution is 9.10. The molecule has 23 heavy (non-hydrogen) atoms. The van der Waals surface area contributed by atoms with Crippen molar-refractivity contribution >= 4 is 50.0 Å². The Morgan fingerprint density at radius 2 is 2.17 bits per heavy atom. The van der Waals surface area contributed by atoms with Crippen molar-refractivity contribution in [2.24, 2.45) is 5.73 Å². The third kappa shape index (κ3) is 3.34. The molecule has 0 spiro atoms. The molecule has 2 aliphatic rings. The number of ether oxygens (including phenoxy) is 1. The van der Waals surface area contributed by atoms with E-state index >= 15 is 0 Å². The number of hydrogen-bond acceptors (Lipinski definition) is 5. The van der Waals surface area contributed by atoms with E-state index in [0.29, 0.717) is 29.0 Å². The van der Waals surface area contributed by atoms with Crippen LogP contribution in [0, 0.1) is 0 Å². The number of anilines is 1. The highest BCUT2D eigenvalue weighted by Gasteiger charge is 2.36. The smallest absolute Gasteiger partial charge is 0.262 e. The average Bonchev–Trinajstić information content (AvgIpc) is 2.95. The Morgan fingerprint density at radius 1 is 1.43 bits per heavy atom. The molecule has 1 amide bonds. The molecule has 2 aliphatic heterocycles. The van der Waals surface area contributed by atoms with Crippen molar-refractivity contribution in [2.75, 3.05) is 25.0 Å². The molecule has 0 radical (unpaired) electrons. The van der Waals surface area contributed by atoms with Crippen molar-refractivity contribution in [3.05, 3.63) is 16.6 Å². The minimum atomic E-state index is -3.66. The van der Waals surface area contributed by atoms with Gasteiger partial charge in [0.2, 0.25) is 10.0 Å². The van der Waals surface area contributed by atoms with E-state index < -0.39 is 10.0 Å². The Bertz CT molecular complexity index is 728. The molecule has 1 unspecified atom stereocenters. The first-order chi connectivity index (χ1) is 10.4. The average molecular weight is 427 g/mol. The lowest BCUT2D eigenvalue weighted by atomic mass is 10.2. The highest BCUT2D eigenvalue weighted by atomic mass is 79.9. The normalized spacial score (nSPS) is 21.1. The molecular weight excluding hydrogens is 410 g/mol. The van der Waals surface area contributed by atoms with Crippen LogP contribution in [0.3, 0.4) is 0 Å². The number of rotatable bonds is 3. The minimum Gasteiger partial charge on any atom is -0.482 e. The first-order valence-electron chi connectivity index (χ1n) is 6.91. The summed E-state index contributed by atoms with van der Waals surface area (Å²) in [6.45, 7) is 0.642. The summed E-state index contributed by atoms with van der Waals surface area (Å²) < 4.78 is 32.9. The Kier molecular flexibility index (Phi) is 5.57. The van der Waals surface area contributed by atoms with Crippen molar-refractivity contribution in [2.45, 2.75) is 23.8 Å². The van der Waals surface area contributed by atoms with Crippen LogP contribution in [-0.4, -0.2) is 44.4 Å². The van der Waals surface area contributed by atoms with E-state index in [1.165, 1.54) is 10.4 Å². The van der Waals surface area contributed by atoms with Gasteiger partial charge in [-0.15, -0.1) is 12.4 Å². The van der Waals surface area contributed by atoms with Gasteiger partial charge in [-0.3, -0.25) is 4.79 Å². The van der Waals surface area contributed by atoms with Gasteiger partial charge in [0.05, 0.1) is 5.69 Å². The van der Waals surface area contributed by atoms with Crippen molar-refractivity contribution in [1.82, 2.24) is 4.31 Å². The summed E-state index contributed by atoms with van der Waals surface area (Å²) in [4.78, 5) is 11.4. The first kappa shape index (κ1) is 18.5. The molecule has 0 aromatic heterocycles. The number of nitrogens with two attached hydrogens (primary N) is 1. The number of hydrogen-bond donors (Lipinski definition) is 2. The quantitative estimate of drug-likeness (QED) is 0.759. The van der Waals surface area contributed by atoms with Crippen LogP contribution in [0.2, 0.25) is 0 Å². The van der Waals surface area contributed by atoms with E-state index in [1.54, 1.807) is 6.07 Å². The van der Waals surface area contributed by atoms with Crippen LogP contribution < -0.4 is 15.8 Å². The van der Waals surface area contributed by atoms with E-state index in [-0.39, 0.29) is 35.9 Å². The Balaban J connectivity index is 0.00000192. The van der Waals surface area contributed by atoms with Crippen LogP contribution >= 0.6 is 28.3 Å². The number of carbonyl (C=O) groups excluding carboxylic acids is 1. The maximum Gasteiger partial charge on any atom is 0.262 e. The fourth-order valence-corrected chi connectivity index (χ4v) is 5.49. The van der Waals surface area contributed by atoms with Crippen molar-refractivity contribution in [1.29, 1.82) is 0 Å². The van der Waals surface area contributed by atoms with Gasteiger partial charge < -0.3 is 15.8 Å². The predicted molar refractivity (Wildman–Crippen MR) is 91.5 cm³/mol. The van der Waals surface area contributed by atoms with Gasteiger partial charge in [0, 0.05) is 29.7 Å². The number of benzene rings is 1. The second-order valence-electron chi connectivity index (χ2n) is 5.26. The van der Waals surface area contributed by atoms with Crippen LogP contribution in [0.1, 0.15) is 12.8 Å². The lowest BCUT2D eigenvalue weighted by Crippen LogP contribution is -2.40. The predicted octanol–water partition coefficient (Wildman–Crippen LogP) is 1.31. The second kappa shape index (κ2) is 6.94. The molecule has 3 rings (SSSR count). The largest absolute Gasteiger partial charge is 0.482 e.